The molecule has 3 aromatic heterocycles. The Morgan fingerprint density at radius 3 is 2.82 bits per heavy atom. The molecule has 0 saturated carbocycles. The van der Waals surface area contributed by atoms with Crippen LogP contribution in [0.3, 0.4) is 0 Å². The lowest BCUT2D eigenvalue weighted by atomic mass is 10.0. The number of anilines is 1. The molecule has 0 aliphatic carbocycles. The third kappa shape index (κ3) is 3.51. The number of rotatable bonds is 5. The van der Waals surface area contributed by atoms with Crippen molar-refractivity contribution in [1.82, 2.24) is 25.0 Å². The molecule has 4 rings (SSSR count). The Labute approximate surface area is 167 Å². The van der Waals surface area contributed by atoms with Gasteiger partial charge in [0.1, 0.15) is 11.1 Å². The van der Waals surface area contributed by atoms with Crippen LogP contribution in [0, 0.1) is 0 Å². The van der Waals surface area contributed by atoms with E-state index < -0.39 is 0 Å². The average molecular weight is 401 g/mol. The summed E-state index contributed by atoms with van der Waals surface area (Å²) in [6.07, 6.45) is 3.67. The molecule has 1 N–H and O–H groups in total. The highest BCUT2D eigenvalue weighted by Crippen LogP contribution is 2.32. The van der Waals surface area contributed by atoms with Crippen molar-refractivity contribution in [3.05, 3.63) is 28.5 Å². The molecule has 0 spiro atoms. The summed E-state index contributed by atoms with van der Waals surface area (Å²) in [5.74, 6) is -0.0354. The molecule has 0 aromatic carbocycles. The second kappa shape index (κ2) is 7.56. The molecular weight excluding hydrogens is 376 g/mol. The van der Waals surface area contributed by atoms with Crippen LogP contribution in [0.4, 0.5) is 5.13 Å². The minimum Gasteiger partial charge on any atom is -0.371 e. The van der Waals surface area contributed by atoms with Gasteiger partial charge < -0.3 is 4.74 Å². The summed E-state index contributed by atoms with van der Waals surface area (Å²) >= 11 is 1.36. The van der Waals surface area contributed by atoms with Crippen molar-refractivity contribution in [3.8, 4) is 0 Å². The molecule has 0 bridgehead atoms. The number of pyridine rings is 1. The molecule has 148 valence electrons. The van der Waals surface area contributed by atoms with Crippen LogP contribution in [0.2, 0.25) is 0 Å². The smallest absolute Gasteiger partial charge is 0.258 e. The number of ether oxygens (including phenoxy) is 1. The molecule has 1 saturated heterocycles. The molecule has 1 aliphatic heterocycles. The summed E-state index contributed by atoms with van der Waals surface area (Å²) in [6, 6.07) is 2.00. The minimum absolute atomic E-state index is 0.00685. The maximum absolute atomic E-state index is 13.0. The summed E-state index contributed by atoms with van der Waals surface area (Å²) in [7, 11) is 0. The van der Waals surface area contributed by atoms with Crippen LogP contribution >= 0.6 is 11.3 Å². The van der Waals surface area contributed by atoms with Crippen LogP contribution in [-0.2, 0) is 4.74 Å². The topological polar surface area (TPSA) is 94.8 Å². The van der Waals surface area contributed by atoms with Gasteiger partial charge in [0.2, 0.25) is 5.13 Å². The number of fused-ring (bicyclic) bond motifs is 1. The van der Waals surface area contributed by atoms with Crippen molar-refractivity contribution >= 4 is 33.4 Å². The first-order valence-corrected chi connectivity index (χ1v) is 10.4. The van der Waals surface area contributed by atoms with Crippen LogP contribution in [-0.4, -0.2) is 37.5 Å². The van der Waals surface area contributed by atoms with E-state index in [0.717, 1.165) is 41.2 Å². The highest BCUT2D eigenvalue weighted by molar-refractivity contribution is 7.15. The Morgan fingerprint density at radius 2 is 2.14 bits per heavy atom. The fourth-order valence-electron chi connectivity index (χ4n) is 3.25. The zero-order valence-electron chi connectivity index (χ0n) is 16.5. The van der Waals surface area contributed by atoms with Crippen molar-refractivity contribution in [2.24, 2.45) is 0 Å². The van der Waals surface area contributed by atoms with Crippen LogP contribution in [0.25, 0.3) is 11.0 Å². The second-order valence-electron chi connectivity index (χ2n) is 7.57. The van der Waals surface area contributed by atoms with Gasteiger partial charge in [-0.25, -0.2) is 9.67 Å². The third-order valence-corrected chi connectivity index (χ3v) is 5.71. The number of nitrogens with zero attached hydrogens (tertiary/aromatic N) is 5. The first-order chi connectivity index (χ1) is 13.4. The van der Waals surface area contributed by atoms with Crippen molar-refractivity contribution in [1.29, 1.82) is 0 Å². The molecule has 8 nitrogen and oxygen atoms in total. The van der Waals surface area contributed by atoms with Crippen LogP contribution in [0.5, 0.6) is 0 Å². The van der Waals surface area contributed by atoms with Gasteiger partial charge in [-0.15, -0.1) is 10.2 Å². The molecular formula is C19H24N6O2S. The van der Waals surface area contributed by atoms with E-state index in [4.69, 9.17) is 9.72 Å². The number of hydrogen-bond donors (Lipinski definition) is 1. The Kier molecular flexibility index (Phi) is 5.11. The normalized spacial score (nSPS) is 17.1. The molecule has 4 heterocycles. The largest absolute Gasteiger partial charge is 0.371 e. The van der Waals surface area contributed by atoms with Crippen molar-refractivity contribution < 1.29 is 9.53 Å². The predicted molar refractivity (Wildman–Crippen MR) is 108 cm³/mol. The zero-order valence-corrected chi connectivity index (χ0v) is 17.3. The maximum Gasteiger partial charge on any atom is 0.258 e. The molecule has 1 fully saturated rings. The van der Waals surface area contributed by atoms with E-state index in [0.29, 0.717) is 10.7 Å². The summed E-state index contributed by atoms with van der Waals surface area (Å²) < 4.78 is 7.49. The summed E-state index contributed by atoms with van der Waals surface area (Å²) in [4.78, 5) is 17.8. The van der Waals surface area contributed by atoms with E-state index in [2.05, 4.69) is 34.5 Å². The lowest BCUT2D eigenvalue weighted by Crippen LogP contribution is -2.14. The van der Waals surface area contributed by atoms with E-state index in [1.165, 1.54) is 11.3 Å². The number of amides is 1. The van der Waals surface area contributed by atoms with E-state index in [9.17, 15) is 4.79 Å². The SMILES string of the molecule is CC(C)c1cc(C(=O)Nc2nnc([C@H]3CCCO3)s2)c2cnn(C(C)C)c2n1. The highest BCUT2D eigenvalue weighted by atomic mass is 32.1. The van der Waals surface area contributed by atoms with Crippen molar-refractivity contribution in [3.63, 3.8) is 0 Å². The molecule has 3 aromatic rings. The van der Waals surface area contributed by atoms with Gasteiger partial charge in [-0.05, 0) is 38.7 Å². The van der Waals surface area contributed by atoms with Gasteiger partial charge in [-0.1, -0.05) is 25.2 Å². The molecule has 1 amide bonds. The number of aromatic nitrogens is 5. The van der Waals surface area contributed by atoms with E-state index >= 15 is 0 Å². The monoisotopic (exact) mass is 400 g/mol. The molecule has 1 atom stereocenters. The number of hydrogen-bond acceptors (Lipinski definition) is 7. The minimum atomic E-state index is -0.229. The van der Waals surface area contributed by atoms with Gasteiger partial charge >= 0.3 is 0 Å². The quantitative estimate of drug-likeness (QED) is 0.693. The number of carbonyl (C=O) groups is 1. The van der Waals surface area contributed by atoms with Crippen molar-refractivity contribution in [2.75, 3.05) is 11.9 Å². The summed E-state index contributed by atoms with van der Waals surface area (Å²) in [6.45, 7) is 8.96. The van der Waals surface area contributed by atoms with Gasteiger partial charge in [-0.2, -0.15) is 5.10 Å². The van der Waals surface area contributed by atoms with E-state index in [1.807, 2.05) is 24.6 Å². The van der Waals surface area contributed by atoms with Crippen LogP contribution < -0.4 is 5.32 Å². The lowest BCUT2D eigenvalue weighted by molar-refractivity contribution is 0.102. The molecule has 1 aliphatic rings. The van der Waals surface area contributed by atoms with Crippen molar-refractivity contribution in [2.45, 2.75) is 58.6 Å². The summed E-state index contributed by atoms with van der Waals surface area (Å²) in [5, 5.41) is 17.6. The third-order valence-electron chi connectivity index (χ3n) is 4.78. The van der Waals surface area contributed by atoms with Gasteiger partial charge in [0.15, 0.2) is 5.65 Å². The fourth-order valence-corrected chi connectivity index (χ4v) is 4.07. The Morgan fingerprint density at radius 1 is 1.32 bits per heavy atom. The average Bonchev–Trinajstić information content (AvgIpc) is 3.40. The molecule has 0 unspecified atom stereocenters. The van der Waals surface area contributed by atoms with E-state index in [-0.39, 0.29) is 24.0 Å². The Bertz CT molecular complexity index is 1000. The van der Waals surface area contributed by atoms with Gasteiger partial charge in [0, 0.05) is 18.3 Å². The lowest BCUT2D eigenvalue weighted by Gasteiger charge is -2.11. The van der Waals surface area contributed by atoms with Gasteiger partial charge in [-0.3, -0.25) is 10.1 Å². The van der Waals surface area contributed by atoms with Crippen LogP contribution in [0.1, 0.15) is 79.7 Å². The fraction of sp³-hybridized carbons (Fsp3) is 0.526. The second-order valence-corrected chi connectivity index (χ2v) is 8.58. The summed E-state index contributed by atoms with van der Waals surface area (Å²) in [5.41, 5.74) is 2.13. The standard InChI is InChI=1S/C19H24N6O2S/c1-10(2)14-8-12(13-9-20-25(11(3)4)16(13)21-14)17(26)22-19-24-23-18(28-19)15-6-5-7-27-15/h8-11,15H,5-7H2,1-4H3,(H,22,24,26)/t15-/m1/s1. The van der Waals surface area contributed by atoms with Gasteiger partial charge in [0.25, 0.3) is 5.91 Å². The highest BCUT2D eigenvalue weighted by Gasteiger charge is 2.24. The van der Waals surface area contributed by atoms with E-state index in [1.54, 1.807) is 6.20 Å². The molecule has 9 heteroatoms. The van der Waals surface area contributed by atoms with Gasteiger partial charge in [0.05, 0.1) is 17.1 Å². The predicted octanol–water partition coefficient (Wildman–Crippen LogP) is 4.09. The molecule has 0 radical (unpaired) electrons. The first-order valence-electron chi connectivity index (χ1n) is 9.58. The molecule has 28 heavy (non-hydrogen) atoms. The Hall–Kier alpha value is -2.39. The maximum atomic E-state index is 13.0. The van der Waals surface area contributed by atoms with Crippen LogP contribution in [0.15, 0.2) is 12.3 Å². The number of nitrogens with one attached hydrogen (secondary N) is 1. The number of carbonyl (C=O) groups excluding carboxylic acids is 1. The Balaban J connectivity index is 1.66. The zero-order chi connectivity index (χ0) is 19.8. The first kappa shape index (κ1) is 18.9.